The average Bonchev–Trinajstić information content (AvgIpc) is 2.78. The SMILES string of the molecule is COC(=O)[C@H](CC(C)C)N(C(=O)C(N)Cc1ccccc1)C(=O)C(N)Cc1ccccc1. The normalized spacial score (nSPS) is 13.8. The third kappa shape index (κ3) is 7.00. The van der Waals surface area contributed by atoms with E-state index >= 15 is 0 Å². The van der Waals surface area contributed by atoms with Gasteiger partial charge < -0.3 is 16.2 Å². The summed E-state index contributed by atoms with van der Waals surface area (Å²) in [6.45, 7) is 3.80. The van der Waals surface area contributed by atoms with Crippen LogP contribution < -0.4 is 11.5 Å². The van der Waals surface area contributed by atoms with Crippen molar-refractivity contribution in [3.05, 3.63) is 71.8 Å². The van der Waals surface area contributed by atoms with Gasteiger partial charge in [0.05, 0.1) is 19.2 Å². The predicted molar refractivity (Wildman–Crippen MR) is 123 cm³/mol. The maximum atomic E-state index is 13.4. The molecule has 0 radical (unpaired) electrons. The Morgan fingerprint density at radius 3 is 1.56 bits per heavy atom. The number of nitrogens with two attached hydrogens (primary N) is 2. The second-order valence-corrected chi connectivity index (χ2v) is 8.31. The number of hydrogen-bond acceptors (Lipinski definition) is 6. The van der Waals surface area contributed by atoms with Crippen LogP contribution in [0.5, 0.6) is 0 Å². The Hall–Kier alpha value is -3.03. The Balaban J connectivity index is 2.34. The molecule has 0 spiro atoms. The Labute approximate surface area is 189 Å². The number of hydrogen-bond donors (Lipinski definition) is 2. The quantitative estimate of drug-likeness (QED) is 0.548. The van der Waals surface area contributed by atoms with Crippen molar-refractivity contribution >= 4 is 17.8 Å². The van der Waals surface area contributed by atoms with Gasteiger partial charge in [-0.25, -0.2) is 4.79 Å². The molecule has 2 aromatic rings. The number of carbonyl (C=O) groups excluding carboxylic acids is 3. The van der Waals surface area contributed by atoms with E-state index in [0.29, 0.717) is 0 Å². The van der Waals surface area contributed by atoms with Crippen LogP contribution in [-0.4, -0.2) is 47.9 Å². The minimum atomic E-state index is -1.09. The van der Waals surface area contributed by atoms with Crippen molar-refractivity contribution in [1.29, 1.82) is 0 Å². The van der Waals surface area contributed by atoms with Gasteiger partial charge in [-0.1, -0.05) is 74.5 Å². The van der Waals surface area contributed by atoms with E-state index in [1.165, 1.54) is 7.11 Å². The Kier molecular flexibility index (Phi) is 9.56. The van der Waals surface area contributed by atoms with Gasteiger partial charge in [-0.05, 0) is 36.3 Å². The number of nitrogens with zero attached hydrogens (tertiary/aromatic N) is 1. The van der Waals surface area contributed by atoms with Crippen molar-refractivity contribution in [2.45, 2.75) is 51.2 Å². The molecule has 2 rings (SSSR count). The van der Waals surface area contributed by atoms with E-state index in [1.807, 2.05) is 74.5 Å². The Morgan fingerprint density at radius 1 is 0.812 bits per heavy atom. The van der Waals surface area contributed by atoms with Gasteiger partial charge in [0.25, 0.3) is 0 Å². The number of methoxy groups -OCH3 is 1. The highest BCUT2D eigenvalue weighted by Crippen LogP contribution is 2.18. The van der Waals surface area contributed by atoms with E-state index in [1.54, 1.807) is 0 Å². The lowest BCUT2D eigenvalue weighted by Crippen LogP contribution is -2.59. The molecule has 0 saturated carbocycles. The number of imide groups is 1. The van der Waals surface area contributed by atoms with Crippen molar-refractivity contribution in [2.75, 3.05) is 7.11 Å². The first kappa shape index (κ1) is 25.2. The minimum Gasteiger partial charge on any atom is -0.467 e. The first-order valence-electron chi connectivity index (χ1n) is 10.8. The minimum absolute atomic E-state index is 0.0258. The molecular weight excluding hydrogens is 406 g/mol. The molecular formula is C25H33N3O4. The first-order valence-corrected chi connectivity index (χ1v) is 10.8. The molecule has 4 N–H and O–H groups in total. The van der Waals surface area contributed by atoms with Crippen molar-refractivity contribution < 1.29 is 19.1 Å². The van der Waals surface area contributed by atoms with E-state index in [9.17, 15) is 14.4 Å². The van der Waals surface area contributed by atoms with Gasteiger partial charge in [0.15, 0.2) is 0 Å². The van der Waals surface area contributed by atoms with Crippen molar-refractivity contribution in [1.82, 2.24) is 4.90 Å². The molecule has 32 heavy (non-hydrogen) atoms. The zero-order valence-electron chi connectivity index (χ0n) is 18.9. The van der Waals surface area contributed by atoms with Crippen LogP contribution in [0.2, 0.25) is 0 Å². The molecule has 2 aromatic carbocycles. The van der Waals surface area contributed by atoms with Crippen molar-refractivity contribution in [2.24, 2.45) is 17.4 Å². The Bertz CT molecular complexity index is 827. The Morgan fingerprint density at radius 2 is 1.22 bits per heavy atom. The maximum Gasteiger partial charge on any atom is 0.329 e. The molecule has 0 fully saturated rings. The highest BCUT2D eigenvalue weighted by molar-refractivity contribution is 6.03. The predicted octanol–water partition coefficient (Wildman–Crippen LogP) is 2.07. The summed E-state index contributed by atoms with van der Waals surface area (Å²) in [6.07, 6.45) is 0.708. The average molecular weight is 440 g/mol. The van der Waals surface area contributed by atoms with Crippen LogP contribution in [0.25, 0.3) is 0 Å². The fraction of sp³-hybridized carbons (Fsp3) is 0.400. The molecule has 7 nitrogen and oxygen atoms in total. The van der Waals surface area contributed by atoms with Crippen LogP contribution in [-0.2, 0) is 32.0 Å². The molecule has 2 unspecified atom stereocenters. The number of amides is 2. The molecule has 0 saturated heterocycles. The van der Waals surface area contributed by atoms with Crippen molar-refractivity contribution in [3.63, 3.8) is 0 Å². The summed E-state index contributed by atoms with van der Waals surface area (Å²) in [6, 6.07) is 15.4. The number of rotatable bonds is 10. The molecule has 0 aliphatic rings. The first-order chi connectivity index (χ1) is 15.2. The van der Waals surface area contributed by atoms with Gasteiger partial charge in [-0.2, -0.15) is 0 Å². The molecule has 0 bridgehead atoms. The van der Waals surface area contributed by atoms with Crippen LogP contribution >= 0.6 is 0 Å². The highest BCUT2D eigenvalue weighted by Gasteiger charge is 2.40. The maximum absolute atomic E-state index is 13.4. The second kappa shape index (κ2) is 12.1. The highest BCUT2D eigenvalue weighted by atomic mass is 16.5. The molecule has 0 aromatic heterocycles. The lowest BCUT2D eigenvalue weighted by molar-refractivity contribution is -0.161. The number of benzene rings is 2. The summed E-state index contributed by atoms with van der Waals surface area (Å²) in [5, 5.41) is 0. The third-order valence-electron chi connectivity index (χ3n) is 5.19. The zero-order chi connectivity index (χ0) is 23.7. The van der Waals surface area contributed by atoms with Crippen LogP contribution in [0.4, 0.5) is 0 Å². The molecule has 2 amide bonds. The summed E-state index contributed by atoms with van der Waals surface area (Å²) in [7, 11) is 1.23. The number of ether oxygens (including phenoxy) is 1. The number of carbonyl (C=O) groups is 3. The summed E-state index contributed by atoms with van der Waals surface area (Å²) < 4.78 is 4.92. The largest absolute Gasteiger partial charge is 0.467 e. The summed E-state index contributed by atoms with van der Waals surface area (Å²) in [5.74, 6) is -1.92. The summed E-state index contributed by atoms with van der Waals surface area (Å²) in [4.78, 5) is 40.4. The lowest BCUT2D eigenvalue weighted by Gasteiger charge is -2.33. The van der Waals surface area contributed by atoms with Crippen LogP contribution in [0.1, 0.15) is 31.4 Å². The lowest BCUT2D eigenvalue weighted by atomic mass is 9.98. The van der Waals surface area contributed by atoms with Crippen LogP contribution in [0.15, 0.2) is 60.7 Å². The number of esters is 1. The standard InChI is InChI=1S/C25H33N3O4/c1-17(2)14-22(25(31)32-3)28(23(29)20(26)15-18-10-6-4-7-11-18)24(30)21(27)16-19-12-8-5-9-13-19/h4-13,17,20-22H,14-16,26-27H2,1-3H3/t20?,21?,22-/m0/s1. The molecule has 0 aliphatic carbocycles. The smallest absolute Gasteiger partial charge is 0.329 e. The fourth-order valence-electron chi connectivity index (χ4n) is 3.57. The molecule has 3 atom stereocenters. The van der Waals surface area contributed by atoms with Gasteiger partial charge in [-0.3, -0.25) is 14.5 Å². The molecule has 0 aliphatic heterocycles. The van der Waals surface area contributed by atoms with Gasteiger partial charge in [0.1, 0.15) is 6.04 Å². The van der Waals surface area contributed by atoms with Crippen LogP contribution in [0, 0.1) is 5.92 Å². The molecule has 172 valence electrons. The topological polar surface area (TPSA) is 116 Å². The monoisotopic (exact) mass is 439 g/mol. The molecule has 7 heteroatoms. The fourth-order valence-corrected chi connectivity index (χ4v) is 3.57. The third-order valence-corrected chi connectivity index (χ3v) is 5.19. The van der Waals surface area contributed by atoms with Crippen molar-refractivity contribution in [3.8, 4) is 0 Å². The zero-order valence-corrected chi connectivity index (χ0v) is 18.9. The second-order valence-electron chi connectivity index (χ2n) is 8.31. The van der Waals surface area contributed by atoms with Gasteiger partial charge >= 0.3 is 5.97 Å². The molecule has 0 heterocycles. The summed E-state index contributed by atoms with van der Waals surface area (Å²) >= 11 is 0. The van der Waals surface area contributed by atoms with Gasteiger partial charge in [0, 0.05) is 0 Å². The van der Waals surface area contributed by atoms with E-state index < -0.39 is 35.9 Å². The van der Waals surface area contributed by atoms with Gasteiger partial charge in [0.2, 0.25) is 11.8 Å². The van der Waals surface area contributed by atoms with E-state index in [-0.39, 0.29) is 25.2 Å². The van der Waals surface area contributed by atoms with Crippen LogP contribution in [0.3, 0.4) is 0 Å². The summed E-state index contributed by atoms with van der Waals surface area (Å²) in [5.41, 5.74) is 14.1. The van der Waals surface area contributed by atoms with E-state index in [4.69, 9.17) is 16.2 Å². The van der Waals surface area contributed by atoms with Gasteiger partial charge in [-0.15, -0.1) is 0 Å². The van der Waals surface area contributed by atoms with E-state index in [0.717, 1.165) is 16.0 Å². The van der Waals surface area contributed by atoms with E-state index in [2.05, 4.69) is 0 Å².